The number of nitrogens with zero attached hydrogens (tertiary/aromatic N) is 2. The first-order chi connectivity index (χ1) is 12.6. The molecule has 0 aliphatic rings. The molecule has 2 aromatic carbocycles. The Morgan fingerprint density at radius 3 is 2.11 bits per heavy atom. The van der Waals surface area contributed by atoms with E-state index in [4.69, 9.17) is 5.11 Å². The number of carbonyl (C=O) groups is 1. The van der Waals surface area contributed by atoms with E-state index >= 15 is 0 Å². The molecule has 0 amide bonds. The molecule has 0 bridgehead atoms. The first kappa shape index (κ1) is 20.9. The Bertz CT molecular complexity index is 776. The Kier molecular flexibility index (Phi) is 6.98. The second-order valence-electron chi connectivity index (χ2n) is 6.72. The number of alkyl halides is 3. The van der Waals surface area contributed by atoms with Gasteiger partial charge in [-0.2, -0.15) is 13.2 Å². The number of hydrogen-bond donors (Lipinski definition) is 1. The summed E-state index contributed by atoms with van der Waals surface area (Å²) in [4.78, 5) is 15.2. The molecule has 0 aromatic heterocycles. The Balaban J connectivity index is 2.19. The molecule has 4 nitrogen and oxygen atoms in total. The second-order valence-corrected chi connectivity index (χ2v) is 6.72. The maximum atomic E-state index is 13.0. The summed E-state index contributed by atoms with van der Waals surface area (Å²) in [6.07, 6.45) is -4.37. The van der Waals surface area contributed by atoms with E-state index in [1.807, 2.05) is 30.0 Å². The average molecular weight is 380 g/mol. The van der Waals surface area contributed by atoms with Crippen molar-refractivity contribution in [1.82, 2.24) is 9.80 Å². The molecule has 0 heterocycles. The number of hydrogen-bond acceptors (Lipinski definition) is 3. The van der Waals surface area contributed by atoms with Gasteiger partial charge in [0.15, 0.2) is 0 Å². The summed E-state index contributed by atoms with van der Waals surface area (Å²) in [7, 11) is 3.85. The van der Waals surface area contributed by atoms with Crippen molar-refractivity contribution in [2.75, 3.05) is 27.2 Å². The molecular weight excluding hydrogens is 357 g/mol. The van der Waals surface area contributed by atoms with Crippen molar-refractivity contribution in [2.45, 2.75) is 19.3 Å². The molecule has 0 aliphatic carbocycles. The van der Waals surface area contributed by atoms with Crippen LogP contribution in [0.4, 0.5) is 13.2 Å². The molecule has 2 aromatic rings. The van der Waals surface area contributed by atoms with Gasteiger partial charge in [-0.25, -0.2) is 4.79 Å². The normalized spacial score (nSPS) is 12.0. The van der Waals surface area contributed by atoms with E-state index in [1.54, 1.807) is 18.2 Å². The Morgan fingerprint density at radius 2 is 1.56 bits per heavy atom. The fraction of sp³-hybridized carbons (Fsp3) is 0.350. The summed E-state index contributed by atoms with van der Waals surface area (Å²) in [5, 5.41) is 9.13. The molecule has 146 valence electrons. The Labute approximate surface area is 156 Å². The lowest BCUT2D eigenvalue weighted by Gasteiger charge is -2.25. The highest BCUT2D eigenvalue weighted by Crippen LogP contribution is 2.29. The van der Waals surface area contributed by atoms with Crippen molar-refractivity contribution < 1.29 is 23.1 Å². The number of carboxylic acids is 1. The standard InChI is InChI=1S/C20H23F3N2O2/c1-24(2)9-10-25(13-15-5-3-7-17(11-15)19(26)27)14-16-6-4-8-18(12-16)20(21,22)23/h3-8,11-12H,9-10,13-14H2,1-2H3,(H,26,27). The van der Waals surface area contributed by atoms with Crippen molar-refractivity contribution in [3.05, 3.63) is 70.8 Å². The van der Waals surface area contributed by atoms with Crippen LogP contribution in [-0.4, -0.2) is 48.1 Å². The van der Waals surface area contributed by atoms with Crippen LogP contribution in [0.5, 0.6) is 0 Å². The second kappa shape index (κ2) is 9.01. The molecule has 2 rings (SSSR count). The van der Waals surface area contributed by atoms with Crippen LogP contribution in [0, 0.1) is 0 Å². The maximum absolute atomic E-state index is 13.0. The van der Waals surface area contributed by atoms with Crippen LogP contribution in [0.1, 0.15) is 27.0 Å². The van der Waals surface area contributed by atoms with Crippen LogP contribution in [0.25, 0.3) is 0 Å². The van der Waals surface area contributed by atoms with Crippen LogP contribution in [0.3, 0.4) is 0 Å². The van der Waals surface area contributed by atoms with E-state index in [0.717, 1.165) is 24.2 Å². The molecule has 7 heteroatoms. The zero-order valence-electron chi connectivity index (χ0n) is 15.3. The van der Waals surface area contributed by atoms with Crippen LogP contribution in [-0.2, 0) is 19.3 Å². The Morgan fingerprint density at radius 1 is 0.963 bits per heavy atom. The van der Waals surface area contributed by atoms with Crippen molar-refractivity contribution in [3.8, 4) is 0 Å². The van der Waals surface area contributed by atoms with Gasteiger partial charge in [-0.3, -0.25) is 4.90 Å². The quantitative estimate of drug-likeness (QED) is 0.753. The van der Waals surface area contributed by atoms with Gasteiger partial charge in [-0.15, -0.1) is 0 Å². The van der Waals surface area contributed by atoms with Gasteiger partial charge in [0.2, 0.25) is 0 Å². The van der Waals surface area contributed by atoms with Crippen LogP contribution < -0.4 is 0 Å². The van der Waals surface area contributed by atoms with Crippen molar-refractivity contribution in [2.24, 2.45) is 0 Å². The lowest BCUT2D eigenvalue weighted by Crippen LogP contribution is -2.31. The molecule has 0 saturated carbocycles. The zero-order chi connectivity index (χ0) is 20.0. The van der Waals surface area contributed by atoms with Crippen LogP contribution >= 0.6 is 0 Å². The lowest BCUT2D eigenvalue weighted by molar-refractivity contribution is -0.137. The number of halogens is 3. The Hall–Kier alpha value is -2.38. The van der Waals surface area contributed by atoms with E-state index in [9.17, 15) is 18.0 Å². The van der Waals surface area contributed by atoms with Gasteiger partial charge in [-0.1, -0.05) is 30.3 Å². The van der Waals surface area contributed by atoms with E-state index in [1.165, 1.54) is 12.1 Å². The lowest BCUT2D eigenvalue weighted by atomic mass is 10.1. The molecule has 1 N–H and O–H groups in total. The van der Waals surface area contributed by atoms with Gasteiger partial charge >= 0.3 is 12.1 Å². The van der Waals surface area contributed by atoms with Crippen molar-refractivity contribution >= 4 is 5.97 Å². The minimum Gasteiger partial charge on any atom is -0.478 e. The van der Waals surface area contributed by atoms with Gasteiger partial charge in [0.05, 0.1) is 11.1 Å². The van der Waals surface area contributed by atoms with Gasteiger partial charge in [0.25, 0.3) is 0 Å². The largest absolute Gasteiger partial charge is 0.478 e. The zero-order valence-corrected chi connectivity index (χ0v) is 15.3. The number of rotatable bonds is 8. The molecule has 0 unspecified atom stereocenters. The molecule has 0 radical (unpaired) electrons. The predicted molar refractivity (Wildman–Crippen MR) is 97.5 cm³/mol. The van der Waals surface area contributed by atoms with Gasteiger partial charge in [0.1, 0.15) is 0 Å². The first-order valence-electron chi connectivity index (χ1n) is 8.50. The number of likely N-dealkylation sites (N-methyl/N-ethyl adjacent to an activating group) is 1. The van der Waals surface area contributed by atoms with E-state index in [0.29, 0.717) is 25.2 Å². The fourth-order valence-electron chi connectivity index (χ4n) is 2.72. The molecular formula is C20H23F3N2O2. The summed E-state index contributed by atoms with van der Waals surface area (Å²) < 4.78 is 38.9. The topological polar surface area (TPSA) is 43.8 Å². The van der Waals surface area contributed by atoms with Crippen LogP contribution in [0.2, 0.25) is 0 Å². The minimum atomic E-state index is -4.37. The minimum absolute atomic E-state index is 0.194. The maximum Gasteiger partial charge on any atom is 0.416 e. The van der Waals surface area contributed by atoms with Gasteiger partial charge in [0, 0.05) is 26.2 Å². The molecule has 0 spiro atoms. The fourth-order valence-corrected chi connectivity index (χ4v) is 2.72. The number of aromatic carboxylic acids is 1. The summed E-state index contributed by atoms with van der Waals surface area (Å²) in [6, 6.07) is 11.9. The third-order valence-electron chi connectivity index (χ3n) is 4.10. The van der Waals surface area contributed by atoms with Crippen molar-refractivity contribution in [3.63, 3.8) is 0 Å². The summed E-state index contributed by atoms with van der Waals surface area (Å²) >= 11 is 0. The third-order valence-corrected chi connectivity index (χ3v) is 4.10. The SMILES string of the molecule is CN(C)CCN(Cc1cccc(C(=O)O)c1)Cc1cccc(C(F)(F)F)c1. The smallest absolute Gasteiger partial charge is 0.416 e. The molecule has 0 atom stereocenters. The van der Waals surface area contributed by atoms with E-state index in [-0.39, 0.29) is 5.56 Å². The molecule has 27 heavy (non-hydrogen) atoms. The first-order valence-corrected chi connectivity index (χ1v) is 8.50. The average Bonchev–Trinajstić information content (AvgIpc) is 2.59. The molecule has 0 aliphatic heterocycles. The van der Waals surface area contributed by atoms with E-state index < -0.39 is 17.7 Å². The van der Waals surface area contributed by atoms with Gasteiger partial charge in [-0.05, 0) is 43.4 Å². The number of carboxylic acid groups (broad SMARTS) is 1. The van der Waals surface area contributed by atoms with E-state index in [2.05, 4.69) is 0 Å². The highest BCUT2D eigenvalue weighted by atomic mass is 19.4. The highest BCUT2D eigenvalue weighted by molar-refractivity contribution is 5.87. The van der Waals surface area contributed by atoms with Crippen LogP contribution in [0.15, 0.2) is 48.5 Å². The summed E-state index contributed by atoms with van der Waals surface area (Å²) in [6.45, 7) is 2.17. The van der Waals surface area contributed by atoms with Crippen molar-refractivity contribution in [1.29, 1.82) is 0 Å². The number of benzene rings is 2. The predicted octanol–water partition coefficient (Wildman–Crippen LogP) is 3.97. The monoisotopic (exact) mass is 380 g/mol. The summed E-state index contributed by atoms with van der Waals surface area (Å²) in [5.41, 5.74) is 0.901. The third kappa shape index (κ3) is 6.69. The summed E-state index contributed by atoms with van der Waals surface area (Å²) in [5.74, 6) is -1.01. The molecule has 0 saturated heterocycles. The highest BCUT2D eigenvalue weighted by Gasteiger charge is 2.30. The molecule has 0 fully saturated rings. The van der Waals surface area contributed by atoms with Gasteiger partial charge < -0.3 is 10.0 Å².